The summed E-state index contributed by atoms with van der Waals surface area (Å²) in [5, 5.41) is 9.89. The fourth-order valence-corrected chi connectivity index (χ4v) is 0.741. The first-order valence-electron chi connectivity index (χ1n) is 2.98. The first-order chi connectivity index (χ1) is 5.68. The SMILES string of the molecule is O=[N+]([O-])/C=C/c1ncc(Br)cn1. The predicted molar refractivity (Wildman–Crippen MR) is 45.8 cm³/mol. The van der Waals surface area contributed by atoms with Crippen LogP contribution in [0.3, 0.4) is 0 Å². The smallest absolute Gasteiger partial charge is 0.238 e. The molecule has 0 saturated heterocycles. The van der Waals surface area contributed by atoms with Crippen LogP contribution in [0.5, 0.6) is 0 Å². The minimum atomic E-state index is -0.564. The molecule has 0 aliphatic carbocycles. The van der Waals surface area contributed by atoms with Crippen molar-refractivity contribution in [3.8, 4) is 0 Å². The zero-order valence-corrected chi connectivity index (χ0v) is 7.43. The number of halogens is 1. The molecule has 1 aromatic heterocycles. The van der Waals surface area contributed by atoms with E-state index < -0.39 is 4.92 Å². The third-order valence-corrected chi connectivity index (χ3v) is 1.40. The molecule has 0 N–H and O–H groups in total. The highest BCUT2D eigenvalue weighted by Gasteiger charge is 1.92. The van der Waals surface area contributed by atoms with Crippen molar-refractivity contribution in [1.29, 1.82) is 0 Å². The van der Waals surface area contributed by atoms with Crippen LogP contribution in [0, 0.1) is 10.1 Å². The molecule has 1 rings (SSSR count). The fraction of sp³-hybridized carbons (Fsp3) is 0. The highest BCUT2D eigenvalue weighted by Crippen LogP contribution is 2.04. The average molecular weight is 230 g/mol. The van der Waals surface area contributed by atoms with E-state index in [2.05, 4.69) is 25.9 Å². The summed E-state index contributed by atoms with van der Waals surface area (Å²) >= 11 is 3.14. The van der Waals surface area contributed by atoms with E-state index >= 15 is 0 Å². The molecular weight excluding hydrogens is 226 g/mol. The quantitative estimate of drug-likeness (QED) is 0.570. The standard InChI is InChI=1S/C6H4BrN3O2/c7-5-3-8-6(9-4-5)1-2-10(11)12/h1-4H/b2-1+. The van der Waals surface area contributed by atoms with Gasteiger partial charge in [-0.2, -0.15) is 0 Å². The second kappa shape index (κ2) is 3.91. The molecule has 62 valence electrons. The van der Waals surface area contributed by atoms with Crippen LogP contribution in [0.4, 0.5) is 0 Å². The molecule has 6 heteroatoms. The summed E-state index contributed by atoms with van der Waals surface area (Å²) in [6.45, 7) is 0. The van der Waals surface area contributed by atoms with Crippen LogP contribution in [-0.2, 0) is 0 Å². The average Bonchev–Trinajstić information content (AvgIpc) is 2.03. The van der Waals surface area contributed by atoms with E-state index in [0.29, 0.717) is 5.82 Å². The maximum absolute atomic E-state index is 9.89. The topological polar surface area (TPSA) is 68.9 Å². The lowest BCUT2D eigenvalue weighted by molar-refractivity contribution is -0.401. The number of nitro groups is 1. The van der Waals surface area contributed by atoms with Crippen LogP contribution in [0.15, 0.2) is 23.1 Å². The van der Waals surface area contributed by atoms with Crippen molar-refractivity contribution in [3.63, 3.8) is 0 Å². The van der Waals surface area contributed by atoms with Gasteiger partial charge in [0.1, 0.15) is 0 Å². The molecule has 0 unspecified atom stereocenters. The molecule has 0 fully saturated rings. The molecular formula is C6H4BrN3O2. The van der Waals surface area contributed by atoms with Gasteiger partial charge in [-0.3, -0.25) is 10.1 Å². The second-order valence-corrected chi connectivity index (χ2v) is 2.78. The maximum atomic E-state index is 9.89. The largest absolute Gasteiger partial charge is 0.259 e. The minimum Gasteiger partial charge on any atom is -0.259 e. The fourth-order valence-electron chi connectivity index (χ4n) is 0.536. The number of nitrogens with zero attached hydrogens (tertiary/aromatic N) is 3. The molecule has 5 nitrogen and oxygen atoms in total. The van der Waals surface area contributed by atoms with Crippen molar-refractivity contribution >= 4 is 22.0 Å². The Kier molecular flexibility index (Phi) is 2.87. The van der Waals surface area contributed by atoms with Crippen molar-refractivity contribution < 1.29 is 4.92 Å². The summed E-state index contributed by atoms with van der Waals surface area (Å²) in [5.74, 6) is 0.315. The van der Waals surface area contributed by atoms with Gasteiger partial charge in [0, 0.05) is 12.4 Å². The lowest BCUT2D eigenvalue weighted by Crippen LogP contribution is -1.87. The van der Waals surface area contributed by atoms with Crippen LogP contribution in [0.2, 0.25) is 0 Å². The van der Waals surface area contributed by atoms with Crippen LogP contribution in [0.1, 0.15) is 5.82 Å². The zero-order chi connectivity index (χ0) is 8.97. The monoisotopic (exact) mass is 229 g/mol. The highest BCUT2D eigenvalue weighted by molar-refractivity contribution is 9.10. The Hall–Kier alpha value is -1.30. The third-order valence-electron chi connectivity index (χ3n) is 0.986. The Morgan fingerprint density at radius 1 is 1.50 bits per heavy atom. The number of rotatable bonds is 2. The van der Waals surface area contributed by atoms with Crippen LogP contribution < -0.4 is 0 Å². The number of aromatic nitrogens is 2. The number of hydrogen-bond donors (Lipinski definition) is 0. The minimum absolute atomic E-state index is 0.315. The van der Waals surface area contributed by atoms with Gasteiger partial charge in [0.2, 0.25) is 6.20 Å². The van der Waals surface area contributed by atoms with Gasteiger partial charge in [0.05, 0.1) is 15.5 Å². The Bertz CT molecular complexity index is 309. The van der Waals surface area contributed by atoms with Gasteiger partial charge in [0.25, 0.3) is 0 Å². The lowest BCUT2D eigenvalue weighted by atomic mass is 10.5. The van der Waals surface area contributed by atoms with E-state index in [9.17, 15) is 10.1 Å². The van der Waals surface area contributed by atoms with Crippen molar-refractivity contribution in [1.82, 2.24) is 9.97 Å². The van der Waals surface area contributed by atoms with Gasteiger partial charge in [-0.1, -0.05) is 0 Å². The summed E-state index contributed by atoms with van der Waals surface area (Å²) in [7, 11) is 0. The van der Waals surface area contributed by atoms with Crippen molar-refractivity contribution in [2.24, 2.45) is 0 Å². The van der Waals surface area contributed by atoms with Crippen molar-refractivity contribution in [3.05, 3.63) is 39.0 Å². The normalized spacial score (nSPS) is 10.4. The molecule has 0 aromatic carbocycles. The van der Waals surface area contributed by atoms with E-state index in [4.69, 9.17) is 0 Å². The molecule has 0 saturated carbocycles. The van der Waals surface area contributed by atoms with E-state index in [1.165, 1.54) is 18.5 Å². The van der Waals surface area contributed by atoms with Gasteiger partial charge >= 0.3 is 0 Å². The van der Waals surface area contributed by atoms with E-state index in [1.807, 2.05) is 0 Å². The first kappa shape index (κ1) is 8.79. The Labute approximate surface area is 76.4 Å². The Balaban J connectivity index is 2.77. The molecule has 0 bridgehead atoms. The summed E-state index contributed by atoms with van der Waals surface area (Å²) in [6.07, 6.45) is 5.06. The Morgan fingerprint density at radius 2 is 2.08 bits per heavy atom. The zero-order valence-electron chi connectivity index (χ0n) is 5.85. The van der Waals surface area contributed by atoms with Gasteiger partial charge in [-0.05, 0) is 15.9 Å². The van der Waals surface area contributed by atoms with Crippen molar-refractivity contribution in [2.75, 3.05) is 0 Å². The van der Waals surface area contributed by atoms with Crippen LogP contribution >= 0.6 is 15.9 Å². The predicted octanol–water partition coefficient (Wildman–Crippen LogP) is 1.49. The summed E-state index contributed by atoms with van der Waals surface area (Å²) < 4.78 is 0.737. The molecule has 1 heterocycles. The van der Waals surface area contributed by atoms with Crippen LogP contribution in [0.25, 0.3) is 6.08 Å². The summed E-state index contributed by atoms with van der Waals surface area (Å²) in [4.78, 5) is 16.9. The second-order valence-electron chi connectivity index (χ2n) is 1.86. The molecule has 0 radical (unpaired) electrons. The van der Waals surface area contributed by atoms with E-state index in [1.54, 1.807) is 0 Å². The first-order valence-corrected chi connectivity index (χ1v) is 3.77. The number of hydrogen-bond acceptors (Lipinski definition) is 4. The summed E-state index contributed by atoms with van der Waals surface area (Å²) in [5.41, 5.74) is 0. The molecule has 0 aliphatic heterocycles. The summed E-state index contributed by atoms with van der Waals surface area (Å²) in [6, 6.07) is 0. The highest BCUT2D eigenvalue weighted by atomic mass is 79.9. The van der Waals surface area contributed by atoms with Gasteiger partial charge in [-0.25, -0.2) is 9.97 Å². The molecule has 0 amide bonds. The maximum Gasteiger partial charge on any atom is 0.238 e. The third kappa shape index (κ3) is 2.75. The Morgan fingerprint density at radius 3 is 2.58 bits per heavy atom. The van der Waals surface area contributed by atoms with Gasteiger partial charge in [-0.15, -0.1) is 0 Å². The molecule has 0 aliphatic rings. The van der Waals surface area contributed by atoms with E-state index in [0.717, 1.165) is 10.7 Å². The van der Waals surface area contributed by atoms with Gasteiger partial charge in [0.15, 0.2) is 5.82 Å². The molecule has 1 aromatic rings. The molecule has 12 heavy (non-hydrogen) atoms. The van der Waals surface area contributed by atoms with Crippen molar-refractivity contribution in [2.45, 2.75) is 0 Å². The van der Waals surface area contributed by atoms with E-state index in [-0.39, 0.29) is 0 Å². The molecule has 0 atom stereocenters. The molecule has 0 spiro atoms. The lowest BCUT2D eigenvalue weighted by Gasteiger charge is -1.89. The van der Waals surface area contributed by atoms with Gasteiger partial charge < -0.3 is 0 Å². The van der Waals surface area contributed by atoms with Crippen LogP contribution in [-0.4, -0.2) is 14.9 Å².